The molecule has 3 heteroatoms. The Bertz CT molecular complexity index is 340. The molecule has 0 unspecified atom stereocenters. The van der Waals surface area contributed by atoms with Crippen molar-refractivity contribution < 1.29 is 0 Å². The van der Waals surface area contributed by atoms with Crippen molar-refractivity contribution in [2.45, 2.75) is 13.5 Å². The van der Waals surface area contributed by atoms with Gasteiger partial charge in [-0.1, -0.05) is 23.7 Å². The van der Waals surface area contributed by atoms with Crippen LogP contribution in [0.4, 0.5) is 0 Å². The van der Waals surface area contributed by atoms with Gasteiger partial charge >= 0.3 is 0 Å². The molecular weight excluding hydrogens is 208 g/mol. The molecule has 80 valence electrons. The Kier molecular flexibility index (Phi) is 4.61. The molecule has 0 saturated carbocycles. The standard InChI is InChI=1S/C12H15ClN2/c1-10(7-14)8-15(2)9-11-3-5-12(13)6-4-11/h3-6,10H,8-9H2,1-2H3/t10-/m1/s1. The van der Waals surface area contributed by atoms with E-state index in [-0.39, 0.29) is 5.92 Å². The van der Waals surface area contributed by atoms with Crippen molar-refractivity contribution in [1.29, 1.82) is 5.26 Å². The number of nitrogens with zero attached hydrogens (tertiary/aromatic N) is 2. The average Bonchev–Trinajstić information content (AvgIpc) is 2.21. The molecule has 0 aliphatic heterocycles. The summed E-state index contributed by atoms with van der Waals surface area (Å²) in [6.07, 6.45) is 0. The van der Waals surface area contributed by atoms with Crippen LogP contribution in [0.15, 0.2) is 24.3 Å². The lowest BCUT2D eigenvalue weighted by Gasteiger charge is -2.17. The first-order valence-electron chi connectivity index (χ1n) is 4.94. The van der Waals surface area contributed by atoms with Gasteiger partial charge in [-0.15, -0.1) is 0 Å². The molecule has 15 heavy (non-hydrogen) atoms. The lowest BCUT2D eigenvalue weighted by atomic mass is 10.1. The van der Waals surface area contributed by atoms with Crippen molar-refractivity contribution in [2.75, 3.05) is 13.6 Å². The van der Waals surface area contributed by atoms with E-state index in [0.29, 0.717) is 0 Å². The topological polar surface area (TPSA) is 27.0 Å². The van der Waals surface area contributed by atoms with Crippen LogP contribution in [0.5, 0.6) is 0 Å². The van der Waals surface area contributed by atoms with Crippen molar-refractivity contribution in [1.82, 2.24) is 4.90 Å². The molecule has 0 amide bonds. The number of hydrogen-bond acceptors (Lipinski definition) is 2. The van der Waals surface area contributed by atoms with E-state index in [1.165, 1.54) is 5.56 Å². The minimum Gasteiger partial charge on any atom is -0.301 e. The van der Waals surface area contributed by atoms with Crippen LogP contribution in [-0.4, -0.2) is 18.5 Å². The Labute approximate surface area is 96.1 Å². The largest absolute Gasteiger partial charge is 0.301 e. The predicted molar refractivity (Wildman–Crippen MR) is 62.6 cm³/mol. The number of halogens is 1. The fraction of sp³-hybridized carbons (Fsp3) is 0.417. The summed E-state index contributed by atoms with van der Waals surface area (Å²) in [5, 5.41) is 9.45. The van der Waals surface area contributed by atoms with E-state index in [9.17, 15) is 0 Å². The van der Waals surface area contributed by atoms with Crippen LogP contribution in [-0.2, 0) is 6.54 Å². The summed E-state index contributed by atoms with van der Waals surface area (Å²) in [4.78, 5) is 2.14. The summed E-state index contributed by atoms with van der Waals surface area (Å²) in [6, 6.07) is 10.0. The fourth-order valence-electron chi connectivity index (χ4n) is 1.47. The second-order valence-electron chi connectivity index (χ2n) is 3.85. The molecule has 0 radical (unpaired) electrons. The van der Waals surface area contributed by atoms with Gasteiger partial charge in [-0.2, -0.15) is 5.26 Å². The monoisotopic (exact) mass is 222 g/mol. The molecule has 1 aromatic rings. The molecule has 0 aromatic heterocycles. The molecule has 0 saturated heterocycles. The van der Waals surface area contributed by atoms with Crippen LogP contribution in [0.1, 0.15) is 12.5 Å². The highest BCUT2D eigenvalue weighted by Gasteiger charge is 2.05. The number of rotatable bonds is 4. The van der Waals surface area contributed by atoms with E-state index < -0.39 is 0 Å². The van der Waals surface area contributed by atoms with Gasteiger partial charge in [0, 0.05) is 18.1 Å². The van der Waals surface area contributed by atoms with E-state index in [2.05, 4.69) is 11.0 Å². The van der Waals surface area contributed by atoms with E-state index in [1.54, 1.807) is 0 Å². The van der Waals surface area contributed by atoms with Gasteiger partial charge < -0.3 is 4.90 Å². The van der Waals surface area contributed by atoms with Gasteiger partial charge in [-0.3, -0.25) is 0 Å². The number of hydrogen-bond donors (Lipinski definition) is 0. The van der Waals surface area contributed by atoms with Crippen LogP contribution >= 0.6 is 11.6 Å². The van der Waals surface area contributed by atoms with Crippen LogP contribution < -0.4 is 0 Å². The summed E-state index contributed by atoms with van der Waals surface area (Å²) >= 11 is 5.80. The maximum absolute atomic E-state index is 8.69. The highest BCUT2D eigenvalue weighted by molar-refractivity contribution is 6.30. The second kappa shape index (κ2) is 5.75. The zero-order valence-corrected chi connectivity index (χ0v) is 9.83. The van der Waals surface area contributed by atoms with E-state index in [4.69, 9.17) is 16.9 Å². The van der Waals surface area contributed by atoms with Crippen LogP contribution in [0.3, 0.4) is 0 Å². The highest BCUT2D eigenvalue weighted by Crippen LogP contribution is 2.11. The lowest BCUT2D eigenvalue weighted by molar-refractivity contribution is 0.303. The van der Waals surface area contributed by atoms with Crippen LogP contribution in [0, 0.1) is 17.2 Å². The summed E-state index contributed by atoms with van der Waals surface area (Å²) in [5.74, 6) is 0.0716. The normalized spacial score (nSPS) is 12.5. The average molecular weight is 223 g/mol. The molecule has 0 aliphatic rings. The molecule has 0 fully saturated rings. The Morgan fingerprint density at radius 3 is 2.53 bits per heavy atom. The van der Waals surface area contributed by atoms with Gasteiger partial charge in [0.2, 0.25) is 0 Å². The minimum atomic E-state index is 0.0716. The van der Waals surface area contributed by atoms with Crippen LogP contribution in [0.2, 0.25) is 5.02 Å². The van der Waals surface area contributed by atoms with Gasteiger partial charge in [0.25, 0.3) is 0 Å². The first-order chi connectivity index (χ1) is 7.11. The first-order valence-corrected chi connectivity index (χ1v) is 5.32. The Hall–Kier alpha value is -1.04. The zero-order valence-electron chi connectivity index (χ0n) is 9.07. The smallest absolute Gasteiger partial charge is 0.0666 e. The third kappa shape index (κ3) is 4.33. The van der Waals surface area contributed by atoms with E-state index >= 15 is 0 Å². The summed E-state index contributed by atoms with van der Waals surface area (Å²) in [7, 11) is 2.02. The van der Waals surface area contributed by atoms with Gasteiger partial charge in [-0.05, 0) is 31.7 Å². The quantitative estimate of drug-likeness (QED) is 0.783. The van der Waals surface area contributed by atoms with Crippen molar-refractivity contribution in [3.05, 3.63) is 34.9 Å². The van der Waals surface area contributed by atoms with Crippen molar-refractivity contribution in [3.8, 4) is 6.07 Å². The van der Waals surface area contributed by atoms with Crippen molar-refractivity contribution in [2.24, 2.45) is 5.92 Å². The Balaban J connectivity index is 2.48. The highest BCUT2D eigenvalue weighted by atomic mass is 35.5. The summed E-state index contributed by atoms with van der Waals surface area (Å²) in [6.45, 7) is 3.57. The third-order valence-corrected chi connectivity index (χ3v) is 2.42. The SMILES string of the molecule is C[C@H](C#N)CN(C)Cc1ccc(Cl)cc1. The van der Waals surface area contributed by atoms with E-state index in [0.717, 1.165) is 18.1 Å². The third-order valence-electron chi connectivity index (χ3n) is 2.17. The van der Waals surface area contributed by atoms with Crippen molar-refractivity contribution in [3.63, 3.8) is 0 Å². The van der Waals surface area contributed by atoms with Gasteiger partial charge in [0.05, 0.1) is 12.0 Å². The molecular formula is C12H15ClN2. The number of nitriles is 1. The van der Waals surface area contributed by atoms with Gasteiger partial charge in [0.15, 0.2) is 0 Å². The molecule has 1 aromatic carbocycles. The van der Waals surface area contributed by atoms with Gasteiger partial charge in [0.1, 0.15) is 0 Å². The lowest BCUT2D eigenvalue weighted by Crippen LogP contribution is -2.23. The maximum atomic E-state index is 8.69. The zero-order chi connectivity index (χ0) is 11.3. The van der Waals surface area contributed by atoms with E-state index in [1.807, 2.05) is 38.2 Å². The molecule has 0 heterocycles. The first kappa shape index (κ1) is 12.0. The molecule has 0 bridgehead atoms. The van der Waals surface area contributed by atoms with Crippen molar-refractivity contribution >= 4 is 11.6 Å². The molecule has 0 aliphatic carbocycles. The molecule has 1 rings (SSSR count). The molecule has 0 N–H and O–H groups in total. The summed E-state index contributed by atoms with van der Waals surface area (Å²) < 4.78 is 0. The number of benzene rings is 1. The molecule has 2 nitrogen and oxygen atoms in total. The second-order valence-corrected chi connectivity index (χ2v) is 4.29. The molecule has 1 atom stereocenters. The molecule has 0 spiro atoms. The summed E-state index contributed by atoms with van der Waals surface area (Å²) in [5.41, 5.74) is 1.21. The van der Waals surface area contributed by atoms with Crippen LogP contribution in [0.25, 0.3) is 0 Å². The fourth-order valence-corrected chi connectivity index (χ4v) is 1.60. The predicted octanol–water partition coefficient (Wildman–Crippen LogP) is 2.93. The van der Waals surface area contributed by atoms with Gasteiger partial charge in [-0.25, -0.2) is 0 Å². The maximum Gasteiger partial charge on any atom is 0.0666 e. The Morgan fingerprint density at radius 2 is 2.00 bits per heavy atom. The minimum absolute atomic E-state index is 0.0716. The Morgan fingerprint density at radius 1 is 1.40 bits per heavy atom.